The first-order chi connectivity index (χ1) is 13.2. The van der Waals surface area contributed by atoms with Crippen LogP contribution in [-0.4, -0.2) is 17.0 Å². The molecular weight excluding hydrogens is 437 g/mol. The molecule has 0 unspecified atom stereocenters. The third-order valence-corrected chi connectivity index (χ3v) is 5.99. The highest BCUT2D eigenvalue weighted by molar-refractivity contribution is 8.45. The number of anilines is 1. The number of hydrogen-bond donors (Lipinski definition) is 2. The highest BCUT2D eigenvalue weighted by Crippen LogP contribution is 3.02. The molecule has 0 aliphatic carbocycles. The standard InChI is InChI=1S/C18H12F5NO3S2/c19-29(20,21,22,23)15-5-1-11(2-6-15)18(27)24-13-3-7-16-12(9-13)10-14(28-16)4-8-17(25)26/h1-10H,(H,24,27)(H,25,26)/b8-4+. The Bertz CT molecular complexity index is 1150. The van der Waals surface area contributed by atoms with E-state index in [1.807, 2.05) is 0 Å². The fraction of sp³-hybridized carbons (Fsp3) is 0. The number of carboxylic acid groups (broad SMARTS) is 1. The van der Waals surface area contributed by atoms with Crippen LogP contribution in [0.1, 0.15) is 15.2 Å². The summed E-state index contributed by atoms with van der Waals surface area (Å²) < 4.78 is 64.5. The van der Waals surface area contributed by atoms with Gasteiger partial charge in [0.25, 0.3) is 5.91 Å². The topological polar surface area (TPSA) is 66.4 Å². The zero-order valence-corrected chi connectivity index (χ0v) is 15.9. The number of aliphatic carboxylic acids is 1. The average Bonchev–Trinajstić information content (AvgIpc) is 3.00. The lowest BCUT2D eigenvalue weighted by atomic mass is 10.2. The van der Waals surface area contributed by atoms with E-state index >= 15 is 0 Å². The third-order valence-electron chi connectivity index (χ3n) is 3.75. The van der Waals surface area contributed by atoms with Gasteiger partial charge in [0.05, 0.1) is 0 Å². The quantitative estimate of drug-likeness (QED) is 0.329. The minimum absolute atomic E-state index is 0.180. The maximum absolute atomic E-state index is 12.7. The summed E-state index contributed by atoms with van der Waals surface area (Å²) in [6.07, 6.45) is 2.41. The van der Waals surface area contributed by atoms with Gasteiger partial charge in [-0.1, -0.05) is 19.4 Å². The minimum atomic E-state index is -9.79. The first kappa shape index (κ1) is 20.8. The van der Waals surface area contributed by atoms with Gasteiger partial charge in [0, 0.05) is 26.9 Å². The van der Waals surface area contributed by atoms with Crippen LogP contribution in [0.5, 0.6) is 0 Å². The molecule has 0 aliphatic rings. The Morgan fingerprint density at radius 3 is 2.21 bits per heavy atom. The van der Waals surface area contributed by atoms with Crippen molar-refractivity contribution < 1.29 is 34.1 Å². The van der Waals surface area contributed by atoms with Gasteiger partial charge in [0.15, 0.2) is 0 Å². The number of carbonyl (C=O) groups excluding carboxylic acids is 1. The molecular formula is C18H12F5NO3S2. The second-order valence-electron chi connectivity index (χ2n) is 6.02. The lowest BCUT2D eigenvalue weighted by molar-refractivity contribution is -0.131. The zero-order valence-electron chi connectivity index (χ0n) is 14.2. The maximum Gasteiger partial charge on any atom is 0.328 e. The average molecular weight is 449 g/mol. The van der Waals surface area contributed by atoms with Gasteiger partial charge in [-0.3, -0.25) is 4.79 Å². The van der Waals surface area contributed by atoms with Gasteiger partial charge in [-0.15, -0.1) is 11.3 Å². The number of thiophene rings is 1. The summed E-state index contributed by atoms with van der Waals surface area (Å²) in [5.74, 6) is -1.86. The summed E-state index contributed by atoms with van der Waals surface area (Å²) in [6.45, 7) is 0. The predicted octanol–water partition coefficient (Wildman–Crippen LogP) is 6.91. The number of carbonyl (C=O) groups is 2. The molecule has 0 saturated carbocycles. The Morgan fingerprint density at radius 2 is 1.62 bits per heavy atom. The van der Waals surface area contributed by atoms with Crippen LogP contribution in [0.15, 0.2) is 59.5 Å². The highest BCUT2D eigenvalue weighted by atomic mass is 32.5. The van der Waals surface area contributed by atoms with Crippen molar-refractivity contribution in [2.24, 2.45) is 0 Å². The lowest BCUT2D eigenvalue weighted by Crippen LogP contribution is -2.12. The van der Waals surface area contributed by atoms with Crippen LogP contribution in [0.3, 0.4) is 0 Å². The number of amides is 1. The lowest BCUT2D eigenvalue weighted by Gasteiger charge is -2.40. The van der Waals surface area contributed by atoms with E-state index in [-0.39, 0.29) is 17.7 Å². The van der Waals surface area contributed by atoms with E-state index in [0.717, 1.165) is 10.8 Å². The van der Waals surface area contributed by atoms with Crippen LogP contribution in [-0.2, 0) is 4.79 Å². The molecule has 0 fully saturated rings. The Labute approximate surface area is 165 Å². The smallest absolute Gasteiger partial charge is 0.328 e. The van der Waals surface area contributed by atoms with Crippen molar-refractivity contribution in [3.8, 4) is 0 Å². The van der Waals surface area contributed by atoms with Crippen LogP contribution < -0.4 is 5.32 Å². The first-order valence-corrected chi connectivity index (χ1v) is 10.6. The number of rotatable bonds is 5. The van der Waals surface area contributed by atoms with Crippen LogP contribution in [0.4, 0.5) is 25.1 Å². The molecule has 2 aromatic carbocycles. The van der Waals surface area contributed by atoms with Crippen molar-refractivity contribution in [3.05, 3.63) is 65.0 Å². The highest BCUT2D eigenvalue weighted by Gasteiger charge is 2.65. The number of fused-ring (bicyclic) bond motifs is 1. The van der Waals surface area contributed by atoms with Gasteiger partial charge in [0.1, 0.15) is 4.90 Å². The molecule has 29 heavy (non-hydrogen) atoms. The molecule has 154 valence electrons. The zero-order chi connectivity index (χ0) is 21.5. The van der Waals surface area contributed by atoms with Gasteiger partial charge < -0.3 is 10.4 Å². The molecule has 0 atom stereocenters. The fourth-order valence-electron chi connectivity index (χ4n) is 2.44. The van der Waals surface area contributed by atoms with E-state index in [2.05, 4.69) is 5.32 Å². The maximum atomic E-state index is 12.7. The van der Waals surface area contributed by atoms with Gasteiger partial charge in [-0.25, -0.2) is 4.79 Å². The Balaban J connectivity index is 1.80. The summed E-state index contributed by atoms with van der Waals surface area (Å²) in [7, 11) is -9.79. The van der Waals surface area contributed by atoms with Crippen molar-refractivity contribution in [3.63, 3.8) is 0 Å². The van der Waals surface area contributed by atoms with Crippen LogP contribution in [0.2, 0.25) is 0 Å². The van der Waals surface area contributed by atoms with Gasteiger partial charge in [0.2, 0.25) is 0 Å². The van der Waals surface area contributed by atoms with E-state index in [1.54, 1.807) is 24.3 Å². The van der Waals surface area contributed by atoms with Crippen molar-refractivity contribution in [2.45, 2.75) is 4.90 Å². The van der Waals surface area contributed by atoms with E-state index in [4.69, 9.17) is 5.11 Å². The van der Waals surface area contributed by atoms with Crippen LogP contribution in [0.25, 0.3) is 16.2 Å². The number of carboxylic acids is 1. The van der Waals surface area contributed by atoms with E-state index in [9.17, 15) is 29.0 Å². The summed E-state index contributed by atoms with van der Waals surface area (Å²) in [5, 5.41) is 11.9. The molecule has 3 aromatic rings. The van der Waals surface area contributed by atoms with Gasteiger partial charge in [-0.05, 0) is 60.0 Å². The number of hydrogen-bond acceptors (Lipinski definition) is 3. The Kier molecular flexibility index (Phi) is 4.51. The second-order valence-corrected chi connectivity index (χ2v) is 9.55. The molecule has 0 radical (unpaired) electrons. The first-order valence-electron chi connectivity index (χ1n) is 7.81. The van der Waals surface area contributed by atoms with Gasteiger partial charge in [-0.2, -0.15) is 0 Å². The van der Waals surface area contributed by atoms with E-state index < -0.39 is 27.0 Å². The van der Waals surface area contributed by atoms with Crippen LogP contribution in [0, 0.1) is 0 Å². The summed E-state index contributed by atoms with van der Waals surface area (Å²) in [5.41, 5.74) is 0.122. The molecule has 1 heterocycles. The van der Waals surface area contributed by atoms with E-state index in [1.165, 1.54) is 17.4 Å². The largest absolute Gasteiger partial charge is 0.478 e. The normalized spacial score (nSPS) is 14.5. The molecule has 2 N–H and O–H groups in total. The second kappa shape index (κ2) is 6.29. The number of benzene rings is 2. The molecule has 11 heteroatoms. The fourth-order valence-corrected chi connectivity index (χ4v) is 4.04. The monoisotopic (exact) mass is 449 g/mol. The van der Waals surface area contributed by atoms with Crippen molar-refractivity contribution in [2.75, 3.05) is 5.32 Å². The molecule has 3 rings (SSSR count). The number of nitrogens with one attached hydrogen (secondary N) is 1. The van der Waals surface area contributed by atoms with E-state index in [0.29, 0.717) is 28.1 Å². The summed E-state index contributed by atoms with van der Waals surface area (Å²) in [6, 6.07) is 8.28. The number of halogens is 5. The van der Waals surface area contributed by atoms with Gasteiger partial charge >= 0.3 is 16.2 Å². The van der Waals surface area contributed by atoms with Crippen molar-refractivity contribution in [1.82, 2.24) is 0 Å². The molecule has 1 aromatic heterocycles. The molecule has 0 spiro atoms. The summed E-state index contributed by atoms with van der Waals surface area (Å²) >= 11 is 1.33. The molecule has 0 aliphatic heterocycles. The summed E-state index contributed by atoms with van der Waals surface area (Å²) in [4.78, 5) is 21.4. The predicted molar refractivity (Wildman–Crippen MR) is 104 cm³/mol. The van der Waals surface area contributed by atoms with Crippen LogP contribution >= 0.6 is 21.6 Å². The molecule has 0 saturated heterocycles. The molecule has 0 bridgehead atoms. The molecule has 1 amide bonds. The molecule has 4 nitrogen and oxygen atoms in total. The van der Waals surface area contributed by atoms with Crippen molar-refractivity contribution >= 4 is 55.3 Å². The van der Waals surface area contributed by atoms with Crippen molar-refractivity contribution in [1.29, 1.82) is 0 Å². The minimum Gasteiger partial charge on any atom is -0.478 e. The third kappa shape index (κ3) is 5.12. The Hall–Kier alpha value is -2.92. The Morgan fingerprint density at radius 1 is 0.966 bits per heavy atom. The SMILES string of the molecule is O=C(O)/C=C/c1cc2cc(NC(=O)c3ccc(S(F)(F)(F)(F)F)cc3)ccc2s1.